The number of carbonyl (C=O) groups excluding carboxylic acids is 1. The van der Waals surface area contributed by atoms with Crippen molar-refractivity contribution in [1.82, 2.24) is 20.4 Å². The fourth-order valence-corrected chi connectivity index (χ4v) is 2.31. The number of rotatable bonds is 6. The molecule has 0 saturated heterocycles. The van der Waals surface area contributed by atoms with Crippen molar-refractivity contribution in [1.29, 1.82) is 0 Å². The first-order valence-corrected chi connectivity index (χ1v) is 7.83. The number of hydrogen-bond donors (Lipinski definition) is 1. The number of hydrogen-bond acceptors (Lipinski definition) is 5. The molecule has 0 unspecified atom stereocenters. The summed E-state index contributed by atoms with van der Waals surface area (Å²) >= 11 is 5.94. The summed E-state index contributed by atoms with van der Waals surface area (Å²) in [5.74, 6) is 0.689. The van der Waals surface area contributed by atoms with Crippen LogP contribution in [0.2, 0.25) is 5.02 Å². The summed E-state index contributed by atoms with van der Waals surface area (Å²) < 4.78 is 5.14. The molecule has 0 aliphatic rings. The Kier molecular flexibility index (Phi) is 5.18. The maximum atomic E-state index is 11.9. The van der Waals surface area contributed by atoms with Crippen molar-refractivity contribution in [3.8, 4) is 11.4 Å². The van der Waals surface area contributed by atoms with Gasteiger partial charge in [-0.2, -0.15) is 4.98 Å². The summed E-state index contributed by atoms with van der Waals surface area (Å²) in [6, 6.07) is 12.8. The van der Waals surface area contributed by atoms with Gasteiger partial charge >= 0.3 is 0 Å². The predicted octanol–water partition coefficient (Wildman–Crippen LogP) is 3.03. The van der Waals surface area contributed by atoms with Gasteiger partial charge < -0.3 is 9.84 Å². The summed E-state index contributed by atoms with van der Waals surface area (Å²) in [4.78, 5) is 20.3. The van der Waals surface area contributed by atoms with Crippen molar-refractivity contribution < 1.29 is 9.32 Å². The van der Waals surface area contributed by atoms with E-state index in [9.17, 15) is 4.79 Å². The van der Waals surface area contributed by atoms with E-state index >= 15 is 0 Å². The number of aryl methyl sites for hydroxylation is 1. The summed E-state index contributed by atoms with van der Waals surface area (Å²) in [7, 11) is 0. The molecule has 3 aromatic rings. The molecule has 0 bridgehead atoms. The Labute approximate surface area is 143 Å². The molecule has 0 fully saturated rings. The molecule has 3 rings (SSSR count). The molecule has 2 heterocycles. The van der Waals surface area contributed by atoms with Crippen LogP contribution in [0, 0.1) is 0 Å². The monoisotopic (exact) mass is 342 g/mol. The molecule has 7 heteroatoms. The first-order valence-electron chi connectivity index (χ1n) is 7.46. The Bertz CT molecular complexity index is 820. The van der Waals surface area contributed by atoms with Gasteiger partial charge in [0.25, 0.3) is 0 Å². The first kappa shape index (κ1) is 16.1. The highest BCUT2D eigenvalue weighted by molar-refractivity contribution is 6.30. The Balaban J connectivity index is 1.51. The van der Waals surface area contributed by atoms with E-state index in [0.29, 0.717) is 29.6 Å². The van der Waals surface area contributed by atoms with E-state index in [2.05, 4.69) is 20.4 Å². The first-order chi connectivity index (χ1) is 11.7. The maximum absolute atomic E-state index is 11.9. The van der Waals surface area contributed by atoms with Gasteiger partial charge in [0.1, 0.15) is 0 Å². The zero-order valence-electron chi connectivity index (χ0n) is 12.8. The fraction of sp³-hybridized carbons (Fsp3) is 0.176. The molecular formula is C17H15ClN4O2. The maximum Gasteiger partial charge on any atom is 0.246 e. The highest BCUT2D eigenvalue weighted by Gasteiger charge is 2.10. The van der Waals surface area contributed by atoms with Crippen LogP contribution in [0.15, 0.2) is 53.2 Å². The molecule has 2 aromatic heterocycles. The molecule has 0 saturated carbocycles. The standard InChI is InChI=1S/C17H15ClN4O2/c18-13-5-3-4-12(10-13)17-21-16(24-22-17)11-20-15(23)8-7-14-6-1-2-9-19-14/h1-6,9-10H,7-8,11H2,(H,20,23). The van der Waals surface area contributed by atoms with E-state index in [0.717, 1.165) is 11.3 Å². The minimum atomic E-state index is -0.0943. The number of pyridine rings is 1. The van der Waals surface area contributed by atoms with Crippen LogP contribution in [0.5, 0.6) is 0 Å². The van der Waals surface area contributed by atoms with Crippen LogP contribution in [-0.2, 0) is 17.8 Å². The van der Waals surface area contributed by atoms with Crippen molar-refractivity contribution in [3.05, 3.63) is 65.3 Å². The van der Waals surface area contributed by atoms with Crippen LogP contribution in [0.1, 0.15) is 18.0 Å². The van der Waals surface area contributed by atoms with E-state index < -0.39 is 0 Å². The molecule has 0 radical (unpaired) electrons. The smallest absolute Gasteiger partial charge is 0.246 e. The number of nitrogens with one attached hydrogen (secondary N) is 1. The van der Waals surface area contributed by atoms with Crippen LogP contribution in [-0.4, -0.2) is 21.0 Å². The number of benzene rings is 1. The van der Waals surface area contributed by atoms with Crippen LogP contribution in [0.3, 0.4) is 0 Å². The topological polar surface area (TPSA) is 80.9 Å². The Morgan fingerprint density at radius 3 is 2.92 bits per heavy atom. The van der Waals surface area contributed by atoms with Crippen molar-refractivity contribution in [2.75, 3.05) is 0 Å². The quantitative estimate of drug-likeness (QED) is 0.744. The van der Waals surface area contributed by atoms with E-state index in [1.807, 2.05) is 30.3 Å². The van der Waals surface area contributed by atoms with Crippen LogP contribution >= 0.6 is 11.6 Å². The molecule has 122 valence electrons. The van der Waals surface area contributed by atoms with Crippen molar-refractivity contribution in [2.45, 2.75) is 19.4 Å². The minimum Gasteiger partial charge on any atom is -0.347 e. The third-order valence-corrected chi connectivity index (χ3v) is 3.56. The third kappa shape index (κ3) is 4.39. The minimum absolute atomic E-state index is 0.0943. The normalized spacial score (nSPS) is 10.5. The highest BCUT2D eigenvalue weighted by atomic mass is 35.5. The lowest BCUT2D eigenvalue weighted by atomic mass is 10.2. The van der Waals surface area contributed by atoms with Crippen molar-refractivity contribution in [2.24, 2.45) is 0 Å². The molecular weight excluding hydrogens is 328 g/mol. The highest BCUT2D eigenvalue weighted by Crippen LogP contribution is 2.19. The largest absolute Gasteiger partial charge is 0.347 e. The summed E-state index contributed by atoms with van der Waals surface area (Å²) in [6.45, 7) is 0.189. The van der Waals surface area contributed by atoms with Crippen molar-refractivity contribution in [3.63, 3.8) is 0 Å². The van der Waals surface area contributed by atoms with E-state index in [1.54, 1.807) is 18.3 Å². The van der Waals surface area contributed by atoms with Gasteiger partial charge in [0.05, 0.1) is 6.54 Å². The lowest BCUT2D eigenvalue weighted by Crippen LogP contribution is -2.23. The van der Waals surface area contributed by atoms with Gasteiger partial charge in [-0.3, -0.25) is 9.78 Å². The van der Waals surface area contributed by atoms with Gasteiger partial charge in [-0.15, -0.1) is 0 Å². The number of aromatic nitrogens is 3. The van der Waals surface area contributed by atoms with E-state index in [4.69, 9.17) is 16.1 Å². The van der Waals surface area contributed by atoms with Crippen LogP contribution in [0.4, 0.5) is 0 Å². The van der Waals surface area contributed by atoms with Crippen LogP contribution in [0.25, 0.3) is 11.4 Å². The molecule has 0 spiro atoms. The lowest BCUT2D eigenvalue weighted by molar-refractivity contribution is -0.121. The Hall–Kier alpha value is -2.73. The second-order valence-corrected chi connectivity index (χ2v) is 5.56. The molecule has 0 aliphatic carbocycles. The summed E-state index contributed by atoms with van der Waals surface area (Å²) in [5, 5.41) is 7.25. The van der Waals surface area contributed by atoms with Gasteiger partial charge in [-0.25, -0.2) is 0 Å². The van der Waals surface area contributed by atoms with Gasteiger partial charge in [-0.05, 0) is 30.7 Å². The molecule has 6 nitrogen and oxygen atoms in total. The van der Waals surface area contributed by atoms with Gasteiger partial charge in [0, 0.05) is 28.9 Å². The number of amides is 1. The summed E-state index contributed by atoms with van der Waals surface area (Å²) in [5.41, 5.74) is 1.65. The average molecular weight is 343 g/mol. The van der Waals surface area contributed by atoms with E-state index in [-0.39, 0.29) is 12.5 Å². The van der Waals surface area contributed by atoms with Crippen molar-refractivity contribution >= 4 is 17.5 Å². The van der Waals surface area contributed by atoms with Gasteiger partial charge in [0.15, 0.2) is 0 Å². The molecule has 1 amide bonds. The Morgan fingerprint density at radius 1 is 1.21 bits per heavy atom. The lowest BCUT2D eigenvalue weighted by Gasteiger charge is -2.02. The SMILES string of the molecule is O=C(CCc1ccccn1)NCc1nc(-c2cccc(Cl)c2)no1. The number of carbonyl (C=O) groups is 1. The zero-order valence-corrected chi connectivity index (χ0v) is 13.5. The molecule has 0 atom stereocenters. The van der Waals surface area contributed by atoms with E-state index in [1.165, 1.54) is 0 Å². The summed E-state index contributed by atoms with van der Waals surface area (Å²) in [6.07, 6.45) is 2.65. The Morgan fingerprint density at radius 2 is 2.12 bits per heavy atom. The fourth-order valence-electron chi connectivity index (χ4n) is 2.12. The number of nitrogens with zero attached hydrogens (tertiary/aromatic N) is 3. The van der Waals surface area contributed by atoms with Gasteiger partial charge in [-0.1, -0.05) is 35.0 Å². The molecule has 1 aromatic carbocycles. The second-order valence-electron chi connectivity index (χ2n) is 5.12. The average Bonchev–Trinajstić information content (AvgIpc) is 3.08. The number of halogens is 1. The molecule has 24 heavy (non-hydrogen) atoms. The van der Waals surface area contributed by atoms with Crippen LogP contribution < -0.4 is 5.32 Å². The predicted molar refractivity (Wildman–Crippen MR) is 89.1 cm³/mol. The van der Waals surface area contributed by atoms with Gasteiger partial charge in [0.2, 0.25) is 17.6 Å². The third-order valence-electron chi connectivity index (χ3n) is 3.32. The zero-order chi connectivity index (χ0) is 16.8. The molecule has 0 aliphatic heterocycles. The second kappa shape index (κ2) is 7.70. The molecule has 1 N–H and O–H groups in total.